The van der Waals surface area contributed by atoms with Crippen LogP contribution in [0, 0.1) is 0 Å². The average Bonchev–Trinajstić information content (AvgIpc) is 3.79. The van der Waals surface area contributed by atoms with Crippen molar-refractivity contribution in [3.8, 4) is 22.6 Å². The summed E-state index contributed by atoms with van der Waals surface area (Å²) >= 11 is 0. The molecule has 4 aromatic carbocycles. The molecule has 0 aliphatic carbocycles. The lowest BCUT2D eigenvalue weighted by atomic mass is 10.0. The summed E-state index contributed by atoms with van der Waals surface area (Å²) in [5.41, 5.74) is 6.41. The van der Waals surface area contributed by atoms with Crippen molar-refractivity contribution in [1.82, 2.24) is 4.57 Å². The lowest BCUT2D eigenvalue weighted by Crippen LogP contribution is -2.36. The van der Waals surface area contributed by atoms with Crippen LogP contribution in [0.2, 0.25) is 0 Å². The maximum atomic E-state index is 11.7. The first-order chi connectivity index (χ1) is 24.5. The normalized spacial score (nSPS) is 14.5. The Kier molecular flexibility index (Phi) is 9.29. The predicted molar refractivity (Wildman–Crippen MR) is 193 cm³/mol. The van der Waals surface area contributed by atoms with E-state index in [0.29, 0.717) is 40.7 Å². The summed E-state index contributed by atoms with van der Waals surface area (Å²) in [6.45, 7) is 2.02. The Labute approximate surface area is 295 Å². The Morgan fingerprint density at radius 2 is 1.61 bits per heavy atom. The lowest BCUT2D eigenvalue weighted by molar-refractivity contribution is -0.677. The van der Waals surface area contributed by atoms with E-state index in [9.17, 15) is 25.9 Å². The molecule has 11 nitrogen and oxygen atoms in total. The van der Waals surface area contributed by atoms with Gasteiger partial charge in [0.2, 0.25) is 11.5 Å². The monoisotopic (exact) mass is 724 g/mol. The van der Waals surface area contributed by atoms with Crippen molar-refractivity contribution < 1.29 is 39.7 Å². The number of allylic oxidation sites excluding steroid dienone is 2. The first-order valence-corrected chi connectivity index (χ1v) is 19.6. The number of para-hydroxylation sites is 1. The molecule has 13 heteroatoms. The molecule has 1 aliphatic heterocycles. The van der Waals surface area contributed by atoms with Gasteiger partial charge in [-0.2, -0.15) is 4.57 Å². The molecular weight excluding hydrogens is 691 g/mol. The maximum absolute atomic E-state index is 11.7. The van der Waals surface area contributed by atoms with Crippen molar-refractivity contribution in [1.29, 1.82) is 0 Å². The number of nitrogens with zero attached hydrogens (tertiary/aromatic N) is 3. The molecule has 0 atom stereocenters. The van der Waals surface area contributed by atoms with Crippen LogP contribution in [0.4, 0.5) is 5.69 Å². The molecule has 3 heterocycles. The van der Waals surface area contributed by atoms with Gasteiger partial charge in [-0.3, -0.25) is 0 Å². The van der Waals surface area contributed by atoms with Gasteiger partial charge in [0.25, 0.3) is 5.52 Å². The van der Waals surface area contributed by atoms with Gasteiger partial charge >= 0.3 is 5.89 Å². The number of hydrogen-bond donors (Lipinski definition) is 0. The summed E-state index contributed by atoms with van der Waals surface area (Å²) in [5, 5.41) is 1.08. The standard InChI is InChI=1S/C38H35N3O8S2/c1-2-27(24-38-41(20-22-51(45,46)47)33-25-30(13-15-35(33)48-38)28-9-4-3-5-10-28)23-37-40(18-8-21-50(42,43)44)34-26-31(14-16-36(34)49-37)39-19-17-29-11-6-7-12-32(29)39/h3-7,9-17,19,23-26H,2,8,18,20-22H2,1H3,(H-,42,43,44,45,46,47)/p-1. The zero-order chi connectivity index (χ0) is 35.8. The molecule has 1 aliphatic rings. The van der Waals surface area contributed by atoms with Gasteiger partial charge in [0, 0.05) is 37.1 Å². The second-order valence-electron chi connectivity index (χ2n) is 12.2. The van der Waals surface area contributed by atoms with Gasteiger partial charge in [0.1, 0.15) is 0 Å². The number of aryl methyl sites for hydroxylation is 1. The fourth-order valence-electron chi connectivity index (χ4n) is 6.30. The number of benzene rings is 4. The van der Waals surface area contributed by atoms with Crippen molar-refractivity contribution in [2.45, 2.75) is 26.3 Å². The number of oxazole rings is 1. The highest BCUT2D eigenvalue weighted by atomic mass is 32.2. The van der Waals surface area contributed by atoms with Crippen LogP contribution in [0.1, 0.15) is 25.7 Å². The number of ether oxygens (including phenoxy) is 1. The van der Waals surface area contributed by atoms with Crippen LogP contribution in [0.3, 0.4) is 0 Å². The number of fused-ring (bicyclic) bond motifs is 3. The third kappa shape index (κ3) is 7.61. The number of aromatic nitrogens is 2. The quantitative estimate of drug-likeness (QED) is 0.104. The molecule has 51 heavy (non-hydrogen) atoms. The molecular formula is C38H34N3O8S2-. The fourth-order valence-corrected chi connectivity index (χ4v) is 7.19. The van der Waals surface area contributed by atoms with Crippen molar-refractivity contribution in [3.05, 3.63) is 127 Å². The van der Waals surface area contributed by atoms with Crippen LogP contribution in [0.25, 0.3) is 44.9 Å². The van der Waals surface area contributed by atoms with Crippen LogP contribution in [0.15, 0.2) is 125 Å². The van der Waals surface area contributed by atoms with E-state index in [2.05, 4.69) is 4.57 Å². The van der Waals surface area contributed by atoms with Gasteiger partial charge in [-0.05, 0) is 64.9 Å². The fraction of sp³-hybridized carbons (Fsp3) is 0.184. The van der Waals surface area contributed by atoms with Gasteiger partial charge in [0.05, 0.1) is 49.0 Å². The minimum atomic E-state index is -4.53. The van der Waals surface area contributed by atoms with Gasteiger partial charge in [-0.15, -0.1) is 0 Å². The highest BCUT2D eigenvalue weighted by Crippen LogP contribution is 2.42. The van der Waals surface area contributed by atoms with Crippen LogP contribution < -0.4 is 14.2 Å². The Balaban J connectivity index is 1.29. The zero-order valence-electron chi connectivity index (χ0n) is 27.6. The summed E-state index contributed by atoms with van der Waals surface area (Å²) in [6, 6.07) is 31.1. The third-order valence-electron chi connectivity index (χ3n) is 8.80. The van der Waals surface area contributed by atoms with E-state index in [0.717, 1.165) is 33.3 Å². The minimum Gasteiger partial charge on any atom is -0.748 e. The highest BCUT2D eigenvalue weighted by Gasteiger charge is 2.28. The van der Waals surface area contributed by atoms with Crippen molar-refractivity contribution in [3.63, 3.8) is 0 Å². The molecule has 6 aromatic rings. The summed E-state index contributed by atoms with van der Waals surface area (Å²) < 4.78 is 86.2. The number of rotatable bonds is 12. The van der Waals surface area contributed by atoms with Crippen LogP contribution in [0.5, 0.6) is 5.75 Å². The topological polar surface area (TPSA) is 149 Å². The summed E-state index contributed by atoms with van der Waals surface area (Å²) in [7, 11) is -8.96. The van der Waals surface area contributed by atoms with Gasteiger partial charge in [0.15, 0.2) is 12.3 Å². The molecule has 0 N–H and O–H groups in total. The van der Waals surface area contributed by atoms with Crippen molar-refractivity contribution >= 4 is 54.0 Å². The average molecular weight is 725 g/mol. The Morgan fingerprint density at radius 1 is 0.843 bits per heavy atom. The summed E-state index contributed by atoms with van der Waals surface area (Å²) in [4.78, 5) is 1.68. The van der Waals surface area contributed by atoms with Crippen LogP contribution in [-0.4, -0.2) is 48.6 Å². The van der Waals surface area contributed by atoms with Crippen molar-refractivity contribution in [2.24, 2.45) is 0 Å². The van der Waals surface area contributed by atoms with E-state index >= 15 is 0 Å². The summed E-state index contributed by atoms with van der Waals surface area (Å²) in [6.07, 6.45) is 6.16. The van der Waals surface area contributed by atoms with Gasteiger partial charge in [-0.1, -0.05) is 61.5 Å². The maximum Gasteiger partial charge on any atom is 0.374 e. The molecule has 0 amide bonds. The lowest BCUT2D eigenvalue weighted by Gasteiger charge is -2.20. The van der Waals surface area contributed by atoms with E-state index < -0.39 is 31.7 Å². The molecule has 0 unspecified atom stereocenters. The molecule has 2 aromatic heterocycles. The molecule has 0 saturated carbocycles. The first kappa shape index (κ1) is 34.2. The van der Waals surface area contributed by atoms with Crippen LogP contribution in [-0.2, 0) is 26.8 Å². The van der Waals surface area contributed by atoms with E-state index in [1.807, 2.05) is 121 Å². The van der Waals surface area contributed by atoms with Gasteiger partial charge < -0.3 is 27.7 Å². The molecule has 0 spiro atoms. The number of hydrogen-bond acceptors (Lipinski definition) is 9. The molecule has 0 bridgehead atoms. The Morgan fingerprint density at radius 3 is 2.37 bits per heavy atom. The van der Waals surface area contributed by atoms with E-state index in [4.69, 9.17) is 9.15 Å². The largest absolute Gasteiger partial charge is 0.748 e. The smallest absolute Gasteiger partial charge is 0.374 e. The third-order valence-corrected chi connectivity index (χ3v) is 10.3. The first-order valence-electron chi connectivity index (χ1n) is 16.4. The molecule has 0 radical (unpaired) electrons. The van der Waals surface area contributed by atoms with Crippen molar-refractivity contribution in [2.75, 3.05) is 23.0 Å². The molecule has 262 valence electrons. The van der Waals surface area contributed by atoms with E-state index in [1.165, 1.54) is 0 Å². The highest BCUT2D eigenvalue weighted by molar-refractivity contribution is 7.85. The second-order valence-corrected chi connectivity index (χ2v) is 15.3. The predicted octanol–water partition coefficient (Wildman–Crippen LogP) is 6.35. The number of anilines is 1. The molecule has 0 saturated heterocycles. The molecule has 0 fully saturated rings. The molecule has 7 rings (SSSR count). The Bertz CT molecular complexity index is 2540. The van der Waals surface area contributed by atoms with Crippen LogP contribution >= 0.6 is 0 Å². The van der Waals surface area contributed by atoms with E-state index in [-0.39, 0.29) is 19.5 Å². The second kappa shape index (κ2) is 13.8. The Hall–Kier alpha value is -5.21. The minimum absolute atomic E-state index is 0.0742. The zero-order valence-corrected chi connectivity index (χ0v) is 29.3. The SMILES string of the molecule is CCC(/C=C1\Oc2ccc(-c3ccccc3)cc2N1CCS(=O)(=O)[O-])=C\c1oc2ccc(-n3ccc4ccccc43)cc2[n+]1CCCS(=O)(=O)[O-]. The van der Waals surface area contributed by atoms with E-state index in [1.54, 1.807) is 11.0 Å². The summed E-state index contributed by atoms with van der Waals surface area (Å²) in [5.74, 6) is 0.124. The van der Waals surface area contributed by atoms with Gasteiger partial charge in [-0.25, -0.2) is 16.8 Å².